The van der Waals surface area contributed by atoms with Crippen LogP contribution in [0, 0.1) is 0 Å². The molecule has 0 spiro atoms. The van der Waals surface area contributed by atoms with Crippen LogP contribution in [0.3, 0.4) is 0 Å². The van der Waals surface area contributed by atoms with Gasteiger partial charge >= 0.3 is 0 Å². The molecular formula is C10H7N5. The van der Waals surface area contributed by atoms with E-state index < -0.39 is 0 Å². The summed E-state index contributed by atoms with van der Waals surface area (Å²) in [5.74, 6) is 0. The average molecular weight is 197 g/mol. The summed E-state index contributed by atoms with van der Waals surface area (Å²) in [5, 5.41) is 11.7. The van der Waals surface area contributed by atoms with Crippen molar-refractivity contribution < 1.29 is 0 Å². The van der Waals surface area contributed by atoms with Crippen LogP contribution in [0.4, 0.5) is 0 Å². The molecule has 0 N–H and O–H groups in total. The average Bonchev–Trinajstić information content (AvgIpc) is 2.78. The van der Waals surface area contributed by atoms with E-state index in [0.717, 1.165) is 16.8 Å². The van der Waals surface area contributed by atoms with Crippen molar-refractivity contribution in [1.29, 1.82) is 0 Å². The van der Waals surface area contributed by atoms with Gasteiger partial charge in [0, 0.05) is 29.7 Å². The van der Waals surface area contributed by atoms with Crippen LogP contribution in [0.5, 0.6) is 0 Å². The summed E-state index contributed by atoms with van der Waals surface area (Å²) >= 11 is 0. The summed E-state index contributed by atoms with van der Waals surface area (Å²) in [7, 11) is 0. The second-order valence-electron chi connectivity index (χ2n) is 3.07. The molecule has 0 aliphatic rings. The first kappa shape index (κ1) is 8.05. The van der Waals surface area contributed by atoms with Gasteiger partial charge in [0.05, 0.1) is 12.4 Å². The van der Waals surface area contributed by atoms with Crippen molar-refractivity contribution in [3.63, 3.8) is 0 Å². The summed E-state index contributed by atoms with van der Waals surface area (Å²) < 4.78 is 1.73. The summed E-state index contributed by atoms with van der Waals surface area (Å²) in [6, 6.07) is 3.82. The highest BCUT2D eigenvalue weighted by Crippen LogP contribution is 2.20. The Morgan fingerprint density at radius 3 is 2.87 bits per heavy atom. The highest BCUT2D eigenvalue weighted by molar-refractivity contribution is 5.75. The van der Waals surface area contributed by atoms with Crippen LogP contribution in [0.2, 0.25) is 0 Å². The lowest BCUT2D eigenvalue weighted by Gasteiger charge is -2.01. The van der Waals surface area contributed by atoms with Gasteiger partial charge in [-0.1, -0.05) is 0 Å². The SMILES string of the molecule is c1cc(-c2ccnn3ccnc23)cnn1. The van der Waals surface area contributed by atoms with Crippen LogP contribution in [0.25, 0.3) is 16.8 Å². The molecular weight excluding hydrogens is 190 g/mol. The minimum atomic E-state index is 0.825. The van der Waals surface area contributed by atoms with Gasteiger partial charge in [0.15, 0.2) is 5.65 Å². The van der Waals surface area contributed by atoms with E-state index >= 15 is 0 Å². The molecule has 0 amide bonds. The number of fused-ring (bicyclic) bond motifs is 1. The smallest absolute Gasteiger partial charge is 0.161 e. The number of hydrogen-bond acceptors (Lipinski definition) is 4. The fourth-order valence-electron chi connectivity index (χ4n) is 1.51. The standard InChI is InChI=1S/C10H7N5/c1-3-12-13-7-8(1)9-2-4-14-15-6-5-11-10(9)15/h1-7H. The van der Waals surface area contributed by atoms with Gasteiger partial charge in [0.25, 0.3) is 0 Å². The Hall–Kier alpha value is -2.30. The van der Waals surface area contributed by atoms with Crippen molar-refractivity contribution in [3.8, 4) is 11.1 Å². The molecule has 3 heterocycles. The number of aromatic nitrogens is 5. The van der Waals surface area contributed by atoms with E-state index in [-0.39, 0.29) is 0 Å². The third-order valence-corrected chi connectivity index (χ3v) is 2.19. The van der Waals surface area contributed by atoms with Gasteiger partial charge < -0.3 is 0 Å². The van der Waals surface area contributed by atoms with E-state index in [9.17, 15) is 0 Å². The Balaban J connectivity index is 2.31. The molecule has 0 aliphatic heterocycles. The van der Waals surface area contributed by atoms with Crippen molar-refractivity contribution in [2.24, 2.45) is 0 Å². The van der Waals surface area contributed by atoms with Crippen LogP contribution < -0.4 is 0 Å². The maximum absolute atomic E-state index is 4.25. The Kier molecular flexibility index (Phi) is 1.68. The second-order valence-corrected chi connectivity index (χ2v) is 3.07. The van der Waals surface area contributed by atoms with E-state index in [2.05, 4.69) is 20.3 Å². The Morgan fingerprint density at radius 1 is 1.00 bits per heavy atom. The van der Waals surface area contributed by atoms with Crippen molar-refractivity contribution in [1.82, 2.24) is 24.8 Å². The monoisotopic (exact) mass is 197 g/mol. The van der Waals surface area contributed by atoms with Crippen LogP contribution in [0.1, 0.15) is 0 Å². The zero-order valence-electron chi connectivity index (χ0n) is 7.78. The molecule has 0 saturated heterocycles. The zero-order valence-corrected chi connectivity index (χ0v) is 7.78. The molecule has 3 aromatic heterocycles. The van der Waals surface area contributed by atoms with E-state index in [1.807, 2.05) is 18.3 Å². The minimum Gasteiger partial charge on any atom is -0.235 e. The van der Waals surface area contributed by atoms with Crippen molar-refractivity contribution in [2.45, 2.75) is 0 Å². The van der Waals surface area contributed by atoms with E-state index in [1.54, 1.807) is 29.3 Å². The molecule has 0 aliphatic carbocycles. The van der Waals surface area contributed by atoms with Gasteiger partial charge in [-0.15, -0.1) is 0 Å². The van der Waals surface area contributed by atoms with Crippen molar-refractivity contribution in [2.75, 3.05) is 0 Å². The number of nitrogens with zero attached hydrogens (tertiary/aromatic N) is 5. The Bertz CT molecular complexity index is 587. The first-order valence-corrected chi connectivity index (χ1v) is 4.50. The van der Waals surface area contributed by atoms with Gasteiger partial charge in [-0.3, -0.25) is 0 Å². The molecule has 0 bridgehead atoms. The molecule has 0 saturated carbocycles. The third-order valence-electron chi connectivity index (χ3n) is 2.19. The Morgan fingerprint density at radius 2 is 2.00 bits per heavy atom. The van der Waals surface area contributed by atoms with E-state index in [4.69, 9.17) is 0 Å². The van der Waals surface area contributed by atoms with Crippen LogP contribution in [0.15, 0.2) is 43.1 Å². The second kappa shape index (κ2) is 3.13. The minimum absolute atomic E-state index is 0.825. The van der Waals surface area contributed by atoms with Crippen LogP contribution in [-0.2, 0) is 0 Å². The number of imidazole rings is 1. The fraction of sp³-hybridized carbons (Fsp3) is 0. The normalized spacial score (nSPS) is 10.7. The molecule has 5 nitrogen and oxygen atoms in total. The molecule has 0 atom stereocenters. The summed E-state index contributed by atoms with van der Waals surface area (Å²) in [6.45, 7) is 0. The molecule has 0 radical (unpaired) electrons. The van der Waals surface area contributed by atoms with Crippen LogP contribution >= 0.6 is 0 Å². The molecule has 5 heteroatoms. The van der Waals surface area contributed by atoms with Gasteiger partial charge in [0.1, 0.15) is 0 Å². The highest BCUT2D eigenvalue weighted by atomic mass is 15.2. The zero-order chi connectivity index (χ0) is 10.1. The fourth-order valence-corrected chi connectivity index (χ4v) is 1.51. The third kappa shape index (κ3) is 1.25. The number of rotatable bonds is 1. The summed E-state index contributed by atoms with van der Waals surface area (Å²) in [6.07, 6.45) is 8.65. The van der Waals surface area contributed by atoms with E-state index in [0.29, 0.717) is 0 Å². The molecule has 72 valence electrons. The lowest BCUT2D eigenvalue weighted by molar-refractivity contribution is 0.936. The van der Waals surface area contributed by atoms with Gasteiger partial charge in [0.2, 0.25) is 0 Å². The van der Waals surface area contributed by atoms with Gasteiger partial charge in [-0.05, 0) is 12.1 Å². The maximum atomic E-state index is 4.25. The summed E-state index contributed by atoms with van der Waals surface area (Å²) in [4.78, 5) is 4.25. The molecule has 3 rings (SSSR count). The first-order chi connectivity index (χ1) is 7.45. The molecule has 3 aromatic rings. The maximum Gasteiger partial charge on any atom is 0.161 e. The predicted molar refractivity (Wildman–Crippen MR) is 54.0 cm³/mol. The van der Waals surface area contributed by atoms with Gasteiger partial charge in [-0.2, -0.15) is 15.3 Å². The van der Waals surface area contributed by atoms with Gasteiger partial charge in [-0.25, -0.2) is 9.50 Å². The lowest BCUT2D eigenvalue weighted by atomic mass is 10.1. The molecule has 0 fully saturated rings. The van der Waals surface area contributed by atoms with Crippen LogP contribution in [-0.4, -0.2) is 24.8 Å². The lowest BCUT2D eigenvalue weighted by Crippen LogP contribution is -1.92. The molecule has 0 aromatic carbocycles. The van der Waals surface area contributed by atoms with E-state index in [1.165, 1.54) is 0 Å². The number of hydrogen-bond donors (Lipinski definition) is 0. The van der Waals surface area contributed by atoms with Crippen molar-refractivity contribution in [3.05, 3.63) is 43.1 Å². The molecule has 0 unspecified atom stereocenters. The van der Waals surface area contributed by atoms with Crippen molar-refractivity contribution >= 4 is 5.65 Å². The first-order valence-electron chi connectivity index (χ1n) is 4.50. The molecule has 15 heavy (non-hydrogen) atoms. The topological polar surface area (TPSA) is 56.0 Å². The quantitative estimate of drug-likeness (QED) is 0.588. The highest BCUT2D eigenvalue weighted by Gasteiger charge is 2.04. The summed E-state index contributed by atoms with van der Waals surface area (Å²) in [5.41, 5.74) is 2.82. The predicted octanol–water partition coefficient (Wildman–Crippen LogP) is 1.19. The largest absolute Gasteiger partial charge is 0.235 e. The Labute approximate surface area is 85.4 Å².